The van der Waals surface area contributed by atoms with Gasteiger partial charge in [0.2, 0.25) is 5.88 Å². The van der Waals surface area contributed by atoms with Gasteiger partial charge in [-0.3, -0.25) is 9.88 Å². The molecule has 1 aromatic carbocycles. The van der Waals surface area contributed by atoms with Crippen LogP contribution < -0.4 is 4.74 Å². The molecule has 0 N–H and O–H groups in total. The summed E-state index contributed by atoms with van der Waals surface area (Å²) in [6.07, 6.45) is 1.82. The predicted molar refractivity (Wildman–Crippen MR) is 87.8 cm³/mol. The third-order valence-electron chi connectivity index (χ3n) is 3.45. The molecule has 0 unspecified atom stereocenters. The van der Waals surface area contributed by atoms with E-state index >= 15 is 0 Å². The summed E-state index contributed by atoms with van der Waals surface area (Å²) in [7, 11) is 2.06. The molecule has 0 aliphatic heterocycles. The molecular formula is C18H19N3O. The van der Waals surface area contributed by atoms with Crippen LogP contribution in [0.1, 0.15) is 5.69 Å². The van der Waals surface area contributed by atoms with E-state index in [4.69, 9.17) is 4.74 Å². The number of benzene rings is 1. The number of para-hydroxylation sites is 1. The minimum absolute atomic E-state index is 0.606. The lowest BCUT2D eigenvalue weighted by molar-refractivity contribution is 0.226. The van der Waals surface area contributed by atoms with Crippen molar-refractivity contribution >= 4 is 10.9 Å². The molecule has 2 aromatic heterocycles. The predicted octanol–water partition coefficient (Wildman–Crippen LogP) is 3.14. The molecule has 0 aliphatic rings. The number of hydrogen-bond acceptors (Lipinski definition) is 4. The van der Waals surface area contributed by atoms with Crippen LogP contribution >= 0.6 is 0 Å². The van der Waals surface area contributed by atoms with Crippen LogP contribution in [0.5, 0.6) is 5.88 Å². The van der Waals surface area contributed by atoms with Crippen molar-refractivity contribution in [3.05, 3.63) is 66.5 Å². The first-order valence-corrected chi connectivity index (χ1v) is 7.38. The molecule has 0 fully saturated rings. The molecular weight excluding hydrogens is 274 g/mol. The molecule has 3 aromatic rings. The van der Waals surface area contributed by atoms with Crippen molar-refractivity contribution in [2.45, 2.75) is 6.54 Å². The Morgan fingerprint density at radius 1 is 1.00 bits per heavy atom. The summed E-state index contributed by atoms with van der Waals surface area (Å²) in [6.45, 7) is 2.25. The summed E-state index contributed by atoms with van der Waals surface area (Å²) < 4.78 is 5.75. The van der Waals surface area contributed by atoms with Gasteiger partial charge in [0.25, 0.3) is 0 Å². The van der Waals surface area contributed by atoms with Crippen molar-refractivity contribution in [2.24, 2.45) is 0 Å². The first kappa shape index (κ1) is 14.5. The van der Waals surface area contributed by atoms with Crippen LogP contribution in [-0.2, 0) is 6.54 Å². The summed E-state index contributed by atoms with van der Waals surface area (Å²) in [5, 5.41) is 1.13. The fourth-order valence-electron chi connectivity index (χ4n) is 2.28. The van der Waals surface area contributed by atoms with E-state index in [1.165, 1.54) is 0 Å². The van der Waals surface area contributed by atoms with Crippen molar-refractivity contribution in [3.8, 4) is 5.88 Å². The molecule has 0 saturated carbocycles. The lowest BCUT2D eigenvalue weighted by Gasteiger charge is -2.16. The van der Waals surface area contributed by atoms with Crippen molar-refractivity contribution in [1.29, 1.82) is 0 Å². The molecule has 4 nitrogen and oxygen atoms in total. The number of aromatic nitrogens is 2. The molecule has 0 amide bonds. The van der Waals surface area contributed by atoms with Gasteiger partial charge in [0.15, 0.2) is 0 Å². The Bertz CT molecular complexity index is 730. The van der Waals surface area contributed by atoms with E-state index in [2.05, 4.69) is 21.9 Å². The maximum Gasteiger partial charge on any atom is 0.213 e. The summed E-state index contributed by atoms with van der Waals surface area (Å²) >= 11 is 0. The molecule has 22 heavy (non-hydrogen) atoms. The first-order chi connectivity index (χ1) is 10.8. The van der Waals surface area contributed by atoms with Crippen molar-refractivity contribution < 1.29 is 4.74 Å². The van der Waals surface area contributed by atoms with E-state index in [1.807, 2.05) is 60.8 Å². The topological polar surface area (TPSA) is 38.2 Å². The van der Waals surface area contributed by atoms with E-state index in [0.717, 1.165) is 29.7 Å². The number of fused-ring (bicyclic) bond motifs is 1. The van der Waals surface area contributed by atoms with Gasteiger partial charge in [-0.25, -0.2) is 4.98 Å². The first-order valence-electron chi connectivity index (χ1n) is 7.38. The smallest absolute Gasteiger partial charge is 0.213 e. The quantitative estimate of drug-likeness (QED) is 0.700. The summed E-state index contributed by atoms with van der Waals surface area (Å²) in [5.74, 6) is 0.671. The van der Waals surface area contributed by atoms with Gasteiger partial charge in [0.05, 0.1) is 11.2 Å². The largest absolute Gasteiger partial charge is 0.476 e. The maximum absolute atomic E-state index is 5.75. The third-order valence-corrected chi connectivity index (χ3v) is 3.45. The van der Waals surface area contributed by atoms with Gasteiger partial charge in [-0.05, 0) is 31.3 Å². The zero-order chi connectivity index (χ0) is 15.2. The van der Waals surface area contributed by atoms with Crippen LogP contribution in [0.25, 0.3) is 10.9 Å². The minimum atomic E-state index is 0.606. The van der Waals surface area contributed by atoms with Gasteiger partial charge < -0.3 is 4.74 Å². The Morgan fingerprint density at radius 2 is 1.86 bits per heavy atom. The number of hydrogen-bond donors (Lipinski definition) is 0. The highest BCUT2D eigenvalue weighted by Crippen LogP contribution is 2.15. The Labute approximate surface area is 130 Å². The van der Waals surface area contributed by atoms with Crippen LogP contribution in [0.2, 0.25) is 0 Å². The van der Waals surface area contributed by atoms with Crippen molar-refractivity contribution in [2.75, 3.05) is 20.2 Å². The van der Waals surface area contributed by atoms with Crippen LogP contribution in [0.4, 0.5) is 0 Å². The third kappa shape index (κ3) is 3.80. The number of rotatable bonds is 6. The Kier molecular flexibility index (Phi) is 4.61. The van der Waals surface area contributed by atoms with E-state index in [-0.39, 0.29) is 0 Å². The van der Waals surface area contributed by atoms with Crippen LogP contribution in [-0.4, -0.2) is 35.1 Å². The molecule has 4 heteroatoms. The van der Waals surface area contributed by atoms with Gasteiger partial charge >= 0.3 is 0 Å². The zero-order valence-corrected chi connectivity index (χ0v) is 12.6. The highest BCUT2D eigenvalue weighted by atomic mass is 16.5. The van der Waals surface area contributed by atoms with Crippen molar-refractivity contribution in [1.82, 2.24) is 14.9 Å². The summed E-state index contributed by atoms with van der Waals surface area (Å²) in [5.41, 5.74) is 2.02. The average molecular weight is 293 g/mol. The average Bonchev–Trinajstić information content (AvgIpc) is 2.55. The van der Waals surface area contributed by atoms with E-state index in [9.17, 15) is 0 Å². The highest BCUT2D eigenvalue weighted by Gasteiger charge is 2.03. The number of nitrogens with zero attached hydrogens (tertiary/aromatic N) is 3. The lowest BCUT2D eigenvalue weighted by Crippen LogP contribution is -2.24. The monoisotopic (exact) mass is 293 g/mol. The molecule has 0 radical (unpaired) electrons. The molecule has 112 valence electrons. The molecule has 0 spiro atoms. The van der Waals surface area contributed by atoms with Gasteiger partial charge in [0.1, 0.15) is 6.61 Å². The van der Waals surface area contributed by atoms with Crippen LogP contribution in [0.15, 0.2) is 60.8 Å². The molecule has 2 heterocycles. The van der Waals surface area contributed by atoms with Crippen LogP contribution in [0.3, 0.4) is 0 Å². The Morgan fingerprint density at radius 3 is 2.73 bits per heavy atom. The molecule has 0 aliphatic carbocycles. The minimum Gasteiger partial charge on any atom is -0.476 e. The second-order valence-electron chi connectivity index (χ2n) is 5.25. The molecule has 3 rings (SSSR count). The van der Waals surface area contributed by atoms with Crippen molar-refractivity contribution in [3.63, 3.8) is 0 Å². The van der Waals surface area contributed by atoms with Crippen LogP contribution in [0, 0.1) is 0 Å². The standard InChI is InChI=1S/C18H19N3O/c1-21(14-16-7-4-5-11-19-16)12-13-22-18-10-9-15-6-2-3-8-17(15)20-18/h2-11H,12-14H2,1H3. The van der Waals surface area contributed by atoms with E-state index in [0.29, 0.717) is 12.5 Å². The summed E-state index contributed by atoms with van der Waals surface area (Å²) in [4.78, 5) is 11.0. The fraction of sp³-hybridized carbons (Fsp3) is 0.222. The maximum atomic E-state index is 5.75. The molecule has 0 atom stereocenters. The normalized spacial score (nSPS) is 11.0. The molecule has 0 saturated heterocycles. The lowest BCUT2D eigenvalue weighted by atomic mass is 10.2. The van der Waals surface area contributed by atoms with E-state index in [1.54, 1.807) is 0 Å². The Balaban J connectivity index is 1.51. The van der Waals surface area contributed by atoms with Gasteiger partial charge in [-0.2, -0.15) is 0 Å². The van der Waals surface area contributed by atoms with Gasteiger partial charge in [0, 0.05) is 30.7 Å². The molecule has 0 bridgehead atoms. The van der Waals surface area contributed by atoms with Gasteiger partial charge in [-0.1, -0.05) is 24.3 Å². The second kappa shape index (κ2) is 7.00. The number of likely N-dealkylation sites (N-methyl/N-ethyl adjacent to an activating group) is 1. The van der Waals surface area contributed by atoms with E-state index < -0.39 is 0 Å². The Hall–Kier alpha value is -2.46. The fourth-order valence-corrected chi connectivity index (χ4v) is 2.28. The SMILES string of the molecule is CN(CCOc1ccc2ccccc2n1)Cc1ccccn1. The number of ether oxygens (including phenoxy) is 1. The second-order valence-corrected chi connectivity index (χ2v) is 5.25. The number of pyridine rings is 2. The van der Waals surface area contributed by atoms with Gasteiger partial charge in [-0.15, -0.1) is 0 Å². The zero-order valence-electron chi connectivity index (χ0n) is 12.6. The highest BCUT2D eigenvalue weighted by molar-refractivity contribution is 5.78. The summed E-state index contributed by atoms with van der Waals surface area (Å²) in [6, 6.07) is 18.0.